The average Bonchev–Trinajstić information content (AvgIpc) is 2.25. The van der Waals surface area contributed by atoms with E-state index in [4.69, 9.17) is 5.11 Å². The molecule has 0 bridgehead atoms. The Balaban J connectivity index is 4.75. The van der Waals surface area contributed by atoms with Crippen molar-refractivity contribution < 1.29 is 14.7 Å². The van der Waals surface area contributed by atoms with Crippen LogP contribution >= 0.6 is 0 Å². The van der Waals surface area contributed by atoms with Crippen LogP contribution in [0.3, 0.4) is 0 Å². The molecule has 104 valence electrons. The number of carbonyl (C=O) groups is 2. The summed E-state index contributed by atoms with van der Waals surface area (Å²) in [5.74, 6) is -0.892. The van der Waals surface area contributed by atoms with Crippen molar-refractivity contribution in [1.29, 1.82) is 0 Å². The van der Waals surface area contributed by atoms with Crippen molar-refractivity contribution in [2.24, 2.45) is 0 Å². The molecule has 0 aliphatic carbocycles. The highest BCUT2D eigenvalue weighted by molar-refractivity contribution is 5.76. The largest absolute Gasteiger partial charge is 0.481 e. The van der Waals surface area contributed by atoms with E-state index in [-0.39, 0.29) is 18.5 Å². The van der Waals surface area contributed by atoms with Crippen molar-refractivity contribution in [1.82, 2.24) is 9.80 Å². The van der Waals surface area contributed by atoms with Crippen LogP contribution in [0.25, 0.3) is 0 Å². The fourth-order valence-electron chi connectivity index (χ4n) is 1.82. The van der Waals surface area contributed by atoms with Crippen LogP contribution in [-0.2, 0) is 4.79 Å². The van der Waals surface area contributed by atoms with Gasteiger partial charge in [0.2, 0.25) is 0 Å². The summed E-state index contributed by atoms with van der Waals surface area (Å²) in [5.41, 5.74) is 0.909. The van der Waals surface area contributed by atoms with Crippen molar-refractivity contribution in [3.63, 3.8) is 0 Å². The lowest BCUT2D eigenvalue weighted by molar-refractivity contribution is -0.138. The van der Waals surface area contributed by atoms with Crippen LogP contribution < -0.4 is 0 Å². The first-order valence-corrected chi connectivity index (χ1v) is 6.25. The Labute approximate surface area is 109 Å². The highest BCUT2D eigenvalue weighted by Gasteiger charge is 2.24. The number of carbonyl (C=O) groups excluding carboxylic acids is 1. The molecule has 1 unspecified atom stereocenters. The van der Waals surface area contributed by atoms with Gasteiger partial charge in [0.15, 0.2) is 0 Å². The molecule has 1 atom stereocenters. The molecule has 0 fully saturated rings. The highest BCUT2D eigenvalue weighted by Crippen LogP contribution is 2.09. The van der Waals surface area contributed by atoms with Crippen molar-refractivity contribution in [3.8, 4) is 0 Å². The first-order valence-electron chi connectivity index (χ1n) is 6.25. The molecule has 2 amide bonds. The minimum Gasteiger partial charge on any atom is -0.481 e. The van der Waals surface area contributed by atoms with Gasteiger partial charge >= 0.3 is 12.0 Å². The molecule has 0 aliphatic rings. The molecule has 1 N–H and O–H groups in total. The summed E-state index contributed by atoms with van der Waals surface area (Å²) < 4.78 is 0. The van der Waals surface area contributed by atoms with Crippen molar-refractivity contribution in [3.05, 3.63) is 12.2 Å². The Hall–Kier alpha value is -1.52. The molecule has 0 rings (SSSR count). The predicted molar refractivity (Wildman–Crippen MR) is 71.6 cm³/mol. The van der Waals surface area contributed by atoms with Gasteiger partial charge < -0.3 is 14.9 Å². The van der Waals surface area contributed by atoms with E-state index in [1.165, 1.54) is 0 Å². The Morgan fingerprint density at radius 2 is 1.83 bits per heavy atom. The number of urea groups is 1. The second-order valence-corrected chi connectivity index (χ2v) is 4.49. The lowest BCUT2D eigenvalue weighted by atomic mass is 10.2. The molecule has 0 radical (unpaired) electrons. The molecule has 0 saturated carbocycles. The van der Waals surface area contributed by atoms with Crippen molar-refractivity contribution in [2.75, 3.05) is 19.6 Å². The van der Waals surface area contributed by atoms with Gasteiger partial charge in [0, 0.05) is 25.7 Å². The van der Waals surface area contributed by atoms with E-state index in [0.29, 0.717) is 19.6 Å². The van der Waals surface area contributed by atoms with E-state index in [9.17, 15) is 9.59 Å². The van der Waals surface area contributed by atoms with Crippen LogP contribution in [0.1, 0.15) is 34.1 Å². The SMILES string of the molecule is C=C(C)CN(CC)C(=O)N(CC)C(C)CC(=O)O. The molecule has 5 heteroatoms. The number of aliphatic carboxylic acids is 1. The third-order valence-corrected chi connectivity index (χ3v) is 2.70. The monoisotopic (exact) mass is 256 g/mol. The zero-order chi connectivity index (χ0) is 14.3. The summed E-state index contributed by atoms with van der Waals surface area (Å²) >= 11 is 0. The normalized spacial score (nSPS) is 11.8. The third kappa shape index (κ3) is 5.21. The zero-order valence-electron chi connectivity index (χ0n) is 11.8. The summed E-state index contributed by atoms with van der Waals surface area (Å²) in [7, 11) is 0. The van der Waals surface area contributed by atoms with Gasteiger partial charge in [-0.2, -0.15) is 0 Å². The van der Waals surface area contributed by atoms with Gasteiger partial charge in [0.05, 0.1) is 6.42 Å². The Morgan fingerprint density at radius 1 is 1.28 bits per heavy atom. The molecular formula is C13H24N2O3. The Bertz CT molecular complexity index is 315. The predicted octanol–water partition coefficient (Wildman–Crippen LogP) is 2.19. The van der Waals surface area contributed by atoms with Gasteiger partial charge in [0.25, 0.3) is 0 Å². The number of rotatable bonds is 7. The molecule has 5 nitrogen and oxygen atoms in total. The fraction of sp³-hybridized carbons (Fsp3) is 0.692. The van der Waals surface area contributed by atoms with E-state index in [1.54, 1.807) is 16.7 Å². The van der Waals surface area contributed by atoms with Gasteiger partial charge in [-0.25, -0.2) is 4.79 Å². The van der Waals surface area contributed by atoms with Crippen LogP contribution in [0, 0.1) is 0 Å². The van der Waals surface area contributed by atoms with Crippen LogP contribution in [0.4, 0.5) is 4.79 Å². The maximum atomic E-state index is 12.3. The molecule has 0 aromatic carbocycles. The summed E-state index contributed by atoms with van der Waals surface area (Å²) in [6.07, 6.45) is -0.0375. The van der Waals surface area contributed by atoms with Gasteiger partial charge in [-0.3, -0.25) is 4.79 Å². The van der Waals surface area contributed by atoms with Crippen LogP contribution in [0.2, 0.25) is 0 Å². The number of likely N-dealkylation sites (N-methyl/N-ethyl adjacent to an activating group) is 1. The number of carboxylic acids is 1. The highest BCUT2D eigenvalue weighted by atomic mass is 16.4. The second-order valence-electron chi connectivity index (χ2n) is 4.49. The lowest BCUT2D eigenvalue weighted by Gasteiger charge is -2.33. The maximum absolute atomic E-state index is 12.3. The van der Waals surface area contributed by atoms with E-state index < -0.39 is 5.97 Å². The average molecular weight is 256 g/mol. The van der Waals surface area contributed by atoms with Crippen LogP contribution in [-0.4, -0.2) is 52.6 Å². The van der Waals surface area contributed by atoms with Crippen LogP contribution in [0.5, 0.6) is 0 Å². The summed E-state index contributed by atoms with van der Waals surface area (Å²) in [5, 5.41) is 8.79. The van der Waals surface area contributed by atoms with E-state index in [2.05, 4.69) is 6.58 Å². The summed E-state index contributed by atoms with van der Waals surface area (Å²) in [6, 6.07) is -0.434. The Morgan fingerprint density at radius 3 is 2.17 bits per heavy atom. The van der Waals surface area contributed by atoms with E-state index in [1.807, 2.05) is 20.8 Å². The van der Waals surface area contributed by atoms with Crippen molar-refractivity contribution in [2.45, 2.75) is 40.2 Å². The van der Waals surface area contributed by atoms with Gasteiger partial charge in [-0.05, 0) is 27.7 Å². The number of hydrogen-bond acceptors (Lipinski definition) is 2. The molecular weight excluding hydrogens is 232 g/mol. The minimum atomic E-state index is -0.892. The van der Waals surface area contributed by atoms with Crippen LogP contribution in [0.15, 0.2) is 12.2 Å². The smallest absolute Gasteiger partial charge is 0.320 e. The molecule has 0 heterocycles. The fourth-order valence-corrected chi connectivity index (χ4v) is 1.82. The topological polar surface area (TPSA) is 60.9 Å². The molecule has 0 aromatic heterocycles. The van der Waals surface area contributed by atoms with Gasteiger partial charge in [0.1, 0.15) is 0 Å². The summed E-state index contributed by atoms with van der Waals surface area (Å²) in [4.78, 5) is 26.2. The number of hydrogen-bond donors (Lipinski definition) is 1. The third-order valence-electron chi connectivity index (χ3n) is 2.70. The molecule has 0 spiro atoms. The molecule has 0 aromatic rings. The van der Waals surface area contributed by atoms with Crippen molar-refractivity contribution >= 4 is 12.0 Å². The first-order chi connectivity index (χ1) is 8.33. The maximum Gasteiger partial charge on any atom is 0.320 e. The number of amides is 2. The second kappa shape index (κ2) is 7.74. The zero-order valence-corrected chi connectivity index (χ0v) is 11.8. The summed E-state index contributed by atoms with van der Waals surface area (Å²) in [6.45, 7) is 12.8. The molecule has 18 heavy (non-hydrogen) atoms. The lowest BCUT2D eigenvalue weighted by Crippen LogP contribution is -2.48. The molecule has 0 saturated heterocycles. The number of nitrogens with zero attached hydrogens (tertiary/aromatic N) is 2. The molecule has 0 aliphatic heterocycles. The standard InChI is InChI=1S/C13H24N2O3/c1-6-14(9-10(3)4)13(18)15(7-2)11(5)8-12(16)17/h11H,3,6-9H2,1-2,4-5H3,(H,16,17). The first kappa shape index (κ1) is 16.5. The Kier molecular flexibility index (Phi) is 7.08. The minimum absolute atomic E-state index is 0.0375. The quantitative estimate of drug-likeness (QED) is 0.710. The van der Waals surface area contributed by atoms with E-state index >= 15 is 0 Å². The van der Waals surface area contributed by atoms with Gasteiger partial charge in [-0.1, -0.05) is 12.2 Å². The van der Waals surface area contributed by atoms with E-state index in [0.717, 1.165) is 5.57 Å². The van der Waals surface area contributed by atoms with Gasteiger partial charge in [-0.15, -0.1) is 0 Å². The number of carboxylic acid groups (broad SMARTS) is 1.